The van der Waals surface area contributed by atoms with Gasteiger partial charge in [-0.1, -0.05) is 12.1 Å². The van der Waals surface area contributed by atoms with Crippen molar-refractivity contribution in [1.29, 1.82) is 5.26 Å². The number of alkyl halides is 3. The Balaban J connectivity index is 2.84. The molecular weight excluding hydrogens is 311 g/mol. The van der Waals surface area contributed by atoms with Gasteiger partial charge in [-0.15, -0.1) is 0 Å². The summed E-state index contributed by atoms with van der Waals surface area (Å²) in [6.45, 7) is 0. The third kappa shape index (κ3) is 5.62. The average molecular weight is 327 g/mol. The maximum Gasteiger partial charge on any atom is 0.417 e. The van der Waals surface area contributed by atoms with Crippen molar-refractivity contribution in [2.75, 3.05) is 0 Å². The van der Waals surface area contributed by atoms with Gasteiger partial charge in [-0.2, -0.15) is 18.4 Å². The highest BCUT2D eigenvalue weighted by Gasteiger charge is 2.35. The number of nitrogens with one attached hydrogen (secondary N) is 1. The molecule has 0 saturated carbocycles. The van der Waals surface area contributed by atoms with Crippen molar-refractivity contribution in [3.8, 4) is 6.07 Å². The van der Waals surface area contributed by atoms with Gasteiger partial charge in [-0.25, -0.2) is 0 Å². The Morgan fingerprint density at radius 2 is 1.91 bits per heavy atom. The molecule has 0 aliphatic rings. The number of unbranched alkanes of at least 4 members (excludes halogenated alkanes) is 2. The van der Waals surface area contributed by atoms with Crippen LogP contribution in [0.3, 0.4) is 0 Å². The van der Waals surface area contributed by atoms with Crippen molar-refractivity contribution in [2.24, 2.45) is 5.73 Å². The van der Waals surface area contributed by atoms with Crippen LogP contribution in [0.15, 0.2) is 24.3 Å². The van der Waals surface area contributed by atoms with Gasteiger partial charge in [-0.3, -0.25) is 9.59 Å². The lowest BCUT2D eigenvalue weighted by Crippen LogP contribution is -2.44. The summed E-state index contributed by atoms with van der Waals surface area (Å²) in [6, 6.07) is 5.15. The minimum atomic E-state index is -4.68. The second-order valence-corrected chi connectivity index (χ2v) is 4.88. The molecule has 1 aromatic rings. The Labute approximate surface area is 131 Å². The zero-order valence-electron chi connectivity index (χ0n) is 12.2. The van der Waals surface area contributed by atoms with Crippen molar-refractivity contribution in [3.63, 3.8) is 0 Å². The van der Waals surface area contributed by atoms with E-state index in [9.17, 15) is 22.8 Å². The van der Waals surface area contributed by atoms with Crippen LogP contribution in [0.2, 0.25) is 0 Å². The van der Waals surface area contributed by atoms with Crippen molar-refractivity contribution in [3.05, 3.63) is 35.4 Å². The quantitative estimate of drug-likeness (QED) is 0.753. The molecule has 3 N–H and O–H groups in total. The fraction of sp³-hybridized carbons (Fsp3) is 0.400. The molecule has 0 fully saturated rings. The SMILES string of the molecule is N#CCCCC[C@@H](NC(=O)c1ccccc1C(F)(F)F)C(N)=O. The van der Waals surface area contributed by atoms with E-state index in [1.807, 2.05) is 6.07 Å². The van der Waals surface area contributed by atoms with Crippen LogP contribution in [-0.2, 0) is 11.0 Å². The molecule has 0 radical (unpaired) electrons. The van der Waals surface area contributed by atoms with Crippen LogP contribution in [0.5, 0.6) is 0 Å². The molecule has 1 rings (SSSR count). The number of carbonyl (C=O) groups excluding carboxylic acids is 2. The number of carbonyl (C=O) groups is 2. The fourth-order valence-electron chi connectivity index (χ4n) is 2.00. The molecule has 1 atom stereocenters. The van der Waals surface area contributed by atoms with Crippen LogP contribution in [0, 0.1) is 11.3 Å². The summed E-state index contributed by atoms with van der Waals surface area (Å²) in [7, 11) is 0. The van der Waals surface area contributed by atoms with Crippen LogP contribution in [0.4, 0.5) is 13.2 Å². The Morgan fingerprint density at radius 3 is 2.48 bits per heavy atom. The highest BCUT2D eigenvalue weighted by molar-refractivity contribution is 5.98. The Bertz CT molecular complexity index is 609. The number of halogens is 3. The monoisotopic (exact) mass is 327 g/mol. The molecule has 0 unspecified atom stereocenters. The Kier molecular flexibility index (Phi) is 6.57. The number of rotatable bonds is 7. The van der Waals surface area contributed by atoms with Crippen molar-refractivity contribution in [1.82, 2.24) is 5.32 Å². The van der Waals surface area contributed by atoms with Gasteiger partial charge >= 0.3 is 6.18 Å². The molecule has 5 nitrogen and oxygen atoms in total. The molecule has 124 valence electrons. The van der Waals surface area contributed by atoms with Crippen molar-refractivity contribution >= 4 is 11.8 Å². The van der Waals surface area contributed by atoms with E-state index < -0.39 is 35.2 Å². The number of hydrogen-bond donors (Lipinski definition) is 2. The molecule has 0 aliphatic heterocycles. The molecule has 0 saturated heterocycles. The number of hydrogen-bond acceptors (Lipinski definition) is 3. The number of primary amides is 1. The van der Waals surface area contributed by atoms with Gasteiger partial charge in [0.05, 0.1) is 17.2 Å². The van der Waals surface area contributed by atoms with Crippen LogP contribution >= 0.6 is 0 Å². The summed E-state index contributed by atoms with van der Waals surface area (Å²) >= 11 is 0. The molecule has 1 aromatic carbocycles. The van der Waals surface area contributed by atoms with Crippen LogP contribution in [-0.4, -0.2) is 17.9 Å². The maximum absolute atomic E-state index is 12.9. The summed E-state index contributed by atoms with van der Waals surface area (Å²) < 4.78 is 38.7. The molecule has 0 bridgehead atoms. The first-order chi connectivity index (χ1) is 10.8. The third-order valence-electron chi connectivity index (χ3n) is 3.16. The van der Waals surface area contributed by atoms with E-state index in [4.69, 9.17) is 11.0 Å². The van der Waals surface area contributed by atoms with E-state index in [0.717, 1.165) is 12.1 Å². The summed E-state index contributed by atoms with van der Waals surface area (Å²) in [4.78, 5) is 23.4. The zero-order chi connectivity index (χ0) is 17.5. The van der Waals surface area contributed by atoms with Gasteiger partial charge in [0.25, 0.3) is 5.91 Å². The maximum atomic E-state index is 12.9. The highest BCUT2D eigenvalue weighted by atomic mass is 19.4. The lowest BCUT2D eigenvalue weighted by Gasteiger charge is -2.17. The molecule has 23 heavy (non-hydrogen) atoms. The summed E-state index contributed by atoms with van der Waals surface area (Å²) in [6.07, 6.45) is -3.27. The number of nitriles is 1. The van der Waals surface area contributed by atoms with E-state index >= 15 is 0 Å². The zero-order valence-corrected chi connectivity index (χ0v) is 12.2. The summed E-state index contributed by atoms with van der Waals surface area (Å²) in [5.74, 6) is -1.85. The number of nitrogens with two attached hydrogens (primary N) is 1. The molecule has 0 aromatic heterocycles. The normalized spacial score (nSPS) is 12.3. The fourth-order valence-corrected chi connectivity index (χ4v) is 2.00. The van der Waals surface area contributed by atoms with Gasteiger partial charge in [0, 0.05) is 6.42 Å². The second kappa shape index (κ2) is 8.17. The minimum absolute atomic E-state index is 0.164. The third-order valence-corrected chi connectivity index (χ3v) is 3.16. The highest BCUT2D eigenvalue weighted by Crippen LogP contribution is 2.31. The van der Waals surface area contributed by atoms with Crippen molar-refractivity contribution in [2.45, 2.75) is 37.9 Å². The van der Waals surface area contributed by atoms with Gasteiger partial charge in [-0.05, 0) is 31.4 Å². The minimum Gasteiger partial charge on any atom is -0.368 e. The number of amides is 2. The van der Waals surface area contributed by atoms with E-state index in [1.165, 1.54) is 12.1 Å². The first-order valence-corrected chi connectivity index (χ1v) is 6.90. The molecule has 2 amide bonds. The van der Waals surface area contributed by atoms with Crippen LogP contribution in [0.25, 0.3) is 0 Å². The molecular formula is C15H16F3N3O2. The van der Waals surface area contributed by atoms with Crippen LogP contribution < -0.4 is 11.1 Å². The molecule has 0 heterocycles. The predicted molar refractivity (Wildman–Crippen MR) is 76.0 cm³/mol. The summed E-state index contributed by atoms with van der Waals surface area (Å²) in [5.41, 5.74) is 3.52. The lowest BCUT2D eigenvalue weighted by atomic mass is 10.0. The number of nitrogens with zero attached hydrogens (tertiary/aromatic N) is 1. The predicted octanol–water partition coefficient (Wildman–Crippen LogP) is 2.37. The number of benzene rings is 1. The van der Waals surface area contributed by atoms with Gasteiger partial charge < -0.3 is 11.1 Å². The molecule has 8 heteroatoms. The topological polar surface area (TPSA) is 96.0 Å². The van der Waals surface area contributed by atoms with Gasteiger partial charge in [0.2, 0.25) is 5.91 Å². The van der Waals surface area contributed by atoms with Gasteiger partial charge in [0.15, 0.2) is 0 Å². The molecule has 0 spiro atoms. The smallest absolute Gasteiger partial charge is 0.368 e. The van der Waals surface area contributed by atoms with Crippen LogP contribution in [0.1, 0.15) is 41.6 Å². The second-order valence-electron chi connectivity index (χ2n) is 4.88. The summed E-state index contributed by atoms with van der Waals surface area (Å²) in [5, 5.41) is 10.6. The molecule has 0 aliphatic carbocycles. The first-order valence-electron chi connectivity index (χ1n) is 6.90. The Morgan fingerprint density at radius 1 is 1.26 bits per heavy atom. The van der Waals surface area contributed by atoms with E-state index in [-0.39, 0.29) is 12.8 Å². The van der Waals surface area contributed by atoms with E-state index in [1.54, 1.807) is 0 Å². The lowest BCUT2D eigenvalue weighted by molar-refractivity contribution is -0.137. The first kappa shape index (κ1) is 18.5. The Hall–Kier alpha value is -2.56. The standard InChI is InChI=1S/C15H16F3N3O2/c16-15(17,18)11-7-4-3-6-10(11)14(23)21-12(13(20)22)8-2-1-5-9-19/h3-4,6-7,12H,1-2,5,8H2,(H2,20,22)(H,21,23)/t12-/m1/s1. The largest absolute Gasteiger partial charge is 0.417 e. The van der Waals surface area contributed by atoms with E-state index in [0.29, 0.717) is 12.8 Å². The van der Waals surface area contributed by atoms with Crippen molar-refractivity contribution < 1.29 is 22.8 Å². The van der Waals surface area contributed by atoms with Gasteiger partial charge in [0.1, 0.15) is 6.04 Å². The average Bonchev–Trinajstić information content (AvgIpc) is 2.49. The van der Waals surface area contributed by atoms with E-state index in [2.05, 4.69) is 5.32 Å².